The molecule has 0 saturated heterocycles. The predicted molar refractivity (Wildman–Crippen MR) is 88.6 cm³/mol. The fraction of sp³-hybridized carbons (Fsp3) is 0.588. The molecule has 0 heterocycles. The number of nitrogens with two attached hydrogens (primary N) is 1. The number of hydrogen-bond acceptors (Lipinski definition) is 3. The van der Waals surface area contributed by atoms with Crippen molar-refractivity contribution in [1.82, 2.24) is 4.90 Å². The monoisotopic (exact) mass is 289 g/mol. The Hall–Kier alpha value is -1.71. The Labute approximate surface area is 127 Å². The summed E-state index contributed by atoms with van der Waals surface area (Å²) < 4.78 is 0. The van der Waals surface area contributed by atoms with E-state index in [1.54, 1.807) is 25.1 Å². The summed E-state index contributed by atoms with van der Waals surface area (Å²) in [5.74, 6) is 0.00382. The zero-order chi connectivity index (χ0) is 15.5. The summed E-state index contributed by atoms with van der Waals surface area (Å²) in [4.78, 5) is 13.6. The molecule has 1 aliphatic carbocycles. The topological polar surface area (TPSA) is 58.4 Å². The van der Waals surface area contributed by atoms with Gasteiger partial charge in [-0.15, -0.1) is 0 Å². The Kier molecular flexibility index (Phi) is 4.76. The van der Waals surface area contributed by atoms with Crippen LogP contribution in [0, 0.1) is 5.41 Å². The lowest BCUT2D eigenvalue weighted by Gasteiger charge is -2.28. The highest BCUT2D eigenvalue weighted by Crippen LogP contribution is 2.41. The van der Waals surface area contributed by atoms with Gasteiger partial charge in [-0.25, -0.2) is 0 Å². The van der Waals surface area contributed by atoms with E-state index < -0.39 is 0 Å². The zero-order valence-corrected chi connectivity index (χ0v) is 13.4. The number of nitrogens with one attached hydrogen (secondary N) is 1. The summed E-state index contributed by atoms with van der Waals surface area (Å²) in [6.07, 6.45) is 6.41. The fourth-order valence-corrected chi connectivity index (χ4v) is 3.16. The minimum Gasteiger partial charge on any atom is -0.397 e. The quantitative estimate of drug-likeness (QED) is 0.817. The molecule has 1 amide bonds. The third-order valence-electron chi connectivity index (χ3n) is 4.77. The molecule has 1 fully saturated rings. The van der Waals surface area contributed by atoms with Gasteiger partial charge < -0.3 is 16.0 Å². The molecule has 0 aliphatic heterocycles. The van der Waals surface area contributed by atoms with E-state index in [-0.39, 0.29) is 5.91 Å². The van der Waals surface area contributed by atoms with Crippen LogP contribution in [0.2, 0.25) is 0 Å². The molecule has 4 nitrogen and oxygen atoms in total. The molecule has 0 bridgehead atoms. The van der Waals surface area contributed by atoms with Crippen LogP contribution in [-0.4, -0.2) is 31.4 Å². The first-order valence-corrected chi connectivity index (χ1v) is 7.82. The second kappa shape index (κ2) is 6.37. The van der Waals surface area contributed by atoms with E-state index in [1.807, 2.05) is 12.1 Å². The SMILES string of the molecule is CCC1(CNc2cc(C(=O)N(C)C)ccc2N)CCCC1. The van der Waals surface area contributed by atoms with Crippen molar-refractivity contribution >= 4 is 17.3 Å². The van der Waals surface area contributed by atoms with Gasteiger partial charge in [0.2, 0.25) is 0 Å². The smallest absolute Gasteiger partial charge is 0.253 e. The molecule has 1 saturated carbocycles. The Balaban J connectivity index is 2.12. The summed E-state index contributed by atoms with van der Waals surface area (Å²) in [5.41, 5.74) is 8.70. The van der Waals surface area contributed by atoms with Gasteiger partial charge in [-0.1, -0.05) is 19.8 Å². The maximum Gasteiger partial charge on any atom is 0.253 e. The molecule has 0 unspecified atom stereocenters. The summed E-state index contributed by atoms with van der Waals surface area (Å²) in [5, 5.41) is 3.49. The van der Waals surface area contributed by atoms with Crippen molar-refractivity contribution in [3.05, 3.63) is 23.8 Å². The largest absolute Gasteiger partial charge is 0.397 e. The van der Waals surface area contributed by atoms with Crippen LogP contribution in [0.1, 0.15) is 49.4 Å². The zero-order valence-electron chi connectivity index (χ0n) is 13.4. The Morgan fingerprint density at radius 1 is 1.33 bits per heavy atom. The molecule has 0 radical (unpaired) electrons. The van der Waals surface area contributed by atoms with Crippen molar-refractivity contribution in [1.29, 1.82) is 0 Å². The average Bonchev–Trinajstić information content (AvgIpc) is 2.95. The highest BCUT2D eigenvalue weighted by atomic mass is 16.2. The average molecular weight is 289 g/mol. The van der Waals surface area contributed by atoms with Crippen molar-refractivity contribution in [2.45, 2.75) is 39.0 Å². The maximum atomic E-state index is 12.0. The van der Waals surface area contributed by atoms with Crippen LogP contribution in [0.15, 0.2) is 18.2 Å². The minimum atomic E-state index is 0.00382. The van der Waals surface area contributed by atoms with Crippen molar-refractivity contribution in [3.8, 4) is 0 Å². The fourth-order valence-electron chi connectivity index (χ4n) is 3.16. The highest BCUT2D eigenvalue weighted by Gasteiger charge is 2.31. The van der Waals surface area contributed by atoms with Gasteiger partial charge in [-0.05, 0) is 42.9 Å². The number of amides is 1. The summed E-state index contributed by atoms with van der Waals surface area (Å²) in [6.45, 7) is 3.20. The second-order valence-electron chi connectivity index (χ2n) is 6.42. The Bertz CT molecular complexity index is 505. The van der Waals surface area contributed by atoms with Crippen LogP contribution in [-0.2, 0) is 0 Å². The van der Waals surface area contributed by atoms with Crippen LogP contribution in [0.3, 0.4) is 0 Å². The number of carbonyl (C=O) groups is 1. The molecule has 2 rings (SSSR count). The molecule has 1 aromatic rings. The molecular weight excluding hydrogens is 262 g/mol. The van der Waals surface area contributed by atoms with E-state index in [1.165, 1.54) is 32.1 Å². The first kappa shape index (κ1) is 15.7. The molecule has 1 aliphatic rings. The van der Waals surface area contributed by atoms with Crippen LogP contribution in [0.5, 0.6) is 0 Å². The van der Waals surface area contributed by atoms with Gasteiger partial charge in [0.25, 0.3) is 5.91 Å². The number of hydrogen-bond donors (Lipinski definition) is 2. The summed E-state index contributed by atoms with van der Waals surface area (Å²) in [6, 6.07) is 5.47. The van der Waals surface area contributed by atoms with Crippen molar-refractivity contribution < 1.29 is 4.79 Å². The van der Waals surface area contributed by atoms with Gasteiger partial charge in [-0.3, -0.25) is 4.79 Å². The number of carbonyl (C=O) groups excluding carboxylic acids is 1. The summed E-state index contributed by atoms with van der Waals surface area (Å²) >= 11 is 0. The van der Waals surface area contributed by atoms with Crippen LogP contribution in [0.4, 0.5) is 11.4 Å². The third-order valence-corrected chi connectivity index (χ3v) is 4.77. The Morgan fingerprint density at radius 3 is 2.57 bits per heavy atom. The third kappa shape index (κ3) is 3.49. The number of benzene rings is 1. The van der Waals surface area contributed by atoms with E-state index in [2.05, 4.69) is 12.2 Å². The number of nitrogen functional groups attached to an aromatic ring is 1. The van der Waals surface area contributed by atoms with Gasteiger partial charge >= 0.3 is 0 Å². The van der Waals surface area contributed by atoms with Gasteiger partial charge in [0.05, 0.1) is 11.4 Å². The van der Waals surface area contributed by atoms with E-state index in [4.69, 9.17) is 5.73 Å². The lowest BCUT2D eigenvalue weighted by atomic mass is 9.83. The molecule has 3 N–H and O–H groups in total. The standard InChI is InChI=1S/C17H27N3O/c1-4-17(9-5-6-10-17)12-19-15-11-13(7-8-14(15)18)16(21)20(2)3/h7-8,11,19H,4-6,9-10,12,18H2,1-3H3. The van der Waals surface area contributed by atoms with Crippen LogP contribution in [0.25, 0.3) is 0 Å². The van der Waals surface area contributed by atoms with Gasteiger partial charge in [-0.2, -0.15) is 0 Å². The molecular formula is C17H27N3O. The maximum absolute atomic E-state index is 12.0. The van der Waals surface area contributed by atoms with E-state index in [0.29, 0.717) is 16.7 Å². The van der Waals surface area contributed by atoms with E-state index in [9.17, 15) is 4.79 Å². The first-order chi connectivity index (χ1) is 9.97. The van der Waals surface area contributed by atoms with Gasteiger partial charge in [0.1, 0.15) is 0 Å². The molecule has 1 aromatic carbocycles. The number of rotatable bonds is 5. The predicted octanol–water partition coefficient (Wildman–Crippen LogP) is 3.35. The Morgan fingerprint density at radius 2 is 2.00 bits per heavy atom. The van der Waals surface area contributed by atoms with Gasteiger partial charge in [0.15, 0.2) is 0 Å². The minimum absolute atomic E-state index is 0.00382. The first-order valence-electron chi connectivity index (χ1n) is 7.82. The van der Waals surface area contributed by atoms with Crippen LogP contribution < -0.4 is 11.1 Å². The van der Waals surface area contributed by atoms with E-state index in [0.717, 1.165) is 12.2 Å². The number of anilines is 2. The van der Waals surface area contributed by atoms with Crippen LogP contribution >= 0.6 is 0 Å². The molecule has 116 valence electrons. The van der Waals surface area contributed by atoms with Crippen molar-refractivity contribution in [3.63, 3.8) is 0 Å². The molecule has 0 spiro atoms. The normalized spacial score (nSPS) is 16.7. The summed E-state index contributed by atoms with van der Waals surface area (Å²) in [7, 11) is 3.52. The molecule has 21 heavy (non-hydrogen) atoms. The van der Waals surface area contributed by atoms with Crippen molar-refractivity contribution in [2.75, 3.05) is 31.7 Å². The van der Waals surface area contributed by atoms with Crippen molar-refractivity contribution in [2.24, 2.45) is 5.41 Å². The van der Waals surface area contributed by atoms with E-state index >= 15 is 0 Å². The lowest BCUT2D eigenvalue weighted by Crippen LogP contribution is -2.26. The molecule has 4 heteroatoms. The number of nitrogens with zero attached hydrogens (tertiary/aromatic N) is 1. The molecule has 0 atom stereocenters. The van der Waals surface area contributed by atoms with Gasteiger partial charge in [0, 0.05) is 26.2 Å². The second-order valence-corrected chi connectivity index (χ2v) is 6.42. The highest BCUT2D eigenvalue weighted by molar-refractivity contribution is 5.95. The lowest BCUT2D eigenvalue weighted by molar-refractivity contribution is 0.0827. The molecule has 0 aromatic heterocycles.